The van der Waals surface area contributed by atoms with Crippen LogP contribution in [0.5, 0.6) is 0 Å². The number of carbonyl (C=O) groups is 1. The molecule has 1 rings (SSSR count). The van der Waals surface area contributed by atoms with E-state index in [2.05, 4.69) is 11.6 Å². The fourth-order valence-corrected chi connectivity index (χ4v) is 3.24. The molecule has 1 aromatic carbocycles. The zero-order chi connectivity index (χ0) is 16.4. The zero-order valence-corrected chi connectivity index (χ0v) is 14.4. The Morgan fingerprint density at radius 1 is 0.955 bits per heavy atom. The van der Waals surface area contributed by atoms with Gasteiger partial charge in [-0.1, -0.05) is 58.1 Å². The van der Waals surface area contributed by atoms with E-state index in [1.807, 2.05) is 6.92 Å². The highest BCUT2D eigenvalue weighted by Crippen LogP contribution is 2.12. The summed E-state index contributed by atoms with van der Waals surface area (Å²) in [6, 6.07) is 6.62. The second-order valence-electron chi connectivity index (χ2n) is 5.54. The summed E-state index contributed by atoms with van der Waals surface area (Å²) in [4.78, 5) is 11.9. The number of aryl methyl sites for hydroxylation is 1. The van der Waals surface area contributed by atoms with Crippen molar-refractivity contribution in [2.75, 3.05) is 0 Å². The van der Waals surface area contributed by atoms with Gasteiger partial charge in [-0.15, -0.1) is 0 Å². The molecule has 0 radical (unpaired) electrons. The van der Waals surface area contributed by atoms with Gasteiger partial charge >= 0.3 is 0 Å². The summed E-state index contributed by atoms with van der Waals surface area (Å²) in [5, 5.41) is 0. The van der Waals surface area contributed by atoms with Crippen LogP contribution in [-0.4, -0.2) is 14.3 Å². The third kappa shape index (κ3) is 6.60. The highest BCUT2D eigenvalue weighted by molar-refractivity contribution is 7.90. The Labute approximate surface area is 134 Å². The standard InChI is InChI=1S/C17H27NO3S/c1-3-5-6-7-8-9-10-17(19)18-22(20,21)16-13-11-15(4-2)12-14-16/h11-14H,3-10H2,1-2H3,(H,18,19). The molecule has 0 unspecified atom stereocenters. The summed E-state index contributed by atoms with van der Waals surface area (Å²) in [5.74, 6) is -0.421. The Kier molecular flexibility index (Phi) is 8.17. The summed E-state index contributed by atoms with van der Waals surface area (Å²) in [7, 11) is -3.74. The quantitative estimate of drug-likeness (QED) is 0.665. The van der Waals surface area contributed by atoms with E-state index in [0.29, 0.717) is 0 Å². The third-order valence-corrected chi connectivity index (χ3v) is 5.04. The number of hydrogen-bond donors (Lipinski definition) is 1. The van der Waals surface area contributed by atoms with E-state index in [9.17, 15) is 13.2 Å². The first-order valence-corrected chi connectivity index (χ1v) is 9.62. The van der Waals surface area contributed by atoms with E-state index in [-0.39, 0.29) is 11.3 Å². The highest BCUT2D eigenvalue weighted by atomic mass is 32.2. The molecule has 0 aliphatic heterocycles. The Hall–Kier alpha value is -1.36. The molecule has 0 heterocycles. The fourth-order valence-electron chi connectivity index (χ4n) is 2.23. The van der Waals surface area contributed by atoms with E-state index in [4.69, 9.17) is 0 Å². The van der Waals surface area contributed by atoms with Crippen molar-refractivity contribution in [2.24, 2.45) is 0 Å². The second-order valence-corrected chi connectivity index (χ2v) is 7.23. The minimum Gasteiger partial charge on any atom is -0.274 e. The summed E-state index contributed by atoms with van der Waals surface area (Å²) in [6.07, 6.45) is 7.51. The van der Waals surface area contributed by atoms with E-state index in [1.54, 1.807) is 24.3 Å². The molecule has 0 bridgehead atoms. The number of carbonyl (C=O) groups excluding carboxylic acids is 1. The van der Waals surface area contributed by atoms with Crippen molar-refractivity contribution in [3.8, 4) is 0 Å². The summed E-state index contributed by atoms with van der Waals surface area (Å²) in [6.45, 7) is 4.16. The molecule has 4 nitrogen and oxygen atoms in total. The first-order valence-electron chi connectivity index (χ1n) is 8.14. The molecular formula is C17H27NO3S. The van der Waals surface area contributed by atoms with Crippen LogP contribution in [0.3, 0.4) is 0 Å². The van der Waals surface area contributed by atoms with Gasteiger partial charge in [0, 0.05) is 6.42 Å². The van der Waals surface area contributed by atoms with Crippen molar-refractivity contribution in [1.82, 2.24) is 4.72 Å². The molecule has 1 amide bonds. The SMILES string of the molecule is CCCCCCCCC(=O)NS(=O)(=O)c1ccc(CC)cc1. The maximum Gasteiger partial charge on any atom is 0.264 e. The normalized spacial score (nSPS) is 11.4. The lowest BCUT2D eigenvalue weighted by atomic mass is 10.1. The number of unbranched alkanes of at least 4 members (excludes halogenated alkanes) is 5. The Morgan fingerprint density at radius 3 is 2.14 bits per heavy atom. The Balaban J connectivity index is 2.41. The van der Waals surface area contributed by atoms with Gasteiger partial charge < -0.3 is 0 Å². The molecule has 0 saturated heterocycles. The van der Waals surface area contributed by atoms with Crippen LogP contribution in [0.1, 0.15) is 64.4 Å². The van der Waals surface area contributed by atoms with Crippen molar-refractivity contribution < 1.29 is 13.2 Å². The Bertz CT molecular complexity index is 550. The van der Waals surface area contributed by atoms with Crippen LogP contribution in [0, 0.1) is 0 Å². The minimum absolute atomic E-state index is 0.140. The summed E-state index contributed by atoms with van der Waals surface area (Å²) in [5.41, 5.74) is 1.07. The molecule has 0 spiro atoms. The number of hydrogen-bond acceptors (Lipinski definition) is 3. The van der Waals surface area contributed by atoms with Crippen LogP contribution < -0.4 is 4.72 Å². The smallest absolute Gasteiger partial charge is 0.264 e. The van der Waals surface area contributed by atoms with E-state index in [0.717, 1.165) is 31.2 Å². The van der Waals surface area contributed by atoms with Crippen LogP contribution >= 0.6 is 0 Å². The minimum atomic E-state index is -3.74. The molecule has 1 N–H and O–H groups in total. The first-order chi connectivity index (χ1) is 10.5. The maximum atomic E-state index is 12.1. The van der Waals surface area contributed by atoms with Crippen LogP contribution in [0.25, 0.3) is 0 Å². The predicted octanol–water partition coefficient (Wildman–Crippen LogP) is 3.80. The van der Waals surface area contributed by atoms with Crippen molar-refractivity contribution in [2.45, 2.75) is 70.1 Å². The molecule has 22 heavy (non-hydrogen) atoms. The molecule has 0 aliphatic carbocycles. The lowest BCUT2D eigenvalue weighted by Gasteiger charge is -2.07. The Morgan fingerprint density at radius 2 is 1.55 bits per heavy atom. The largest absolute Gasteiger partial charge is 0.274 e. The van der Waals surface area contributed by atoms with Crippen LogP contribution in [-0.2, 0) is 21.2 Å². The van der Waals surface area contributed by atoms with Crippen LogP contribution in [0.2, 0.25) is 0 Å². The monoisotopic (exact) mass is 325 g/mol. The average molecular weight is 325 g/mol. The molecule has 0 atom stereocenters. The van der Waals surface area contributed by atoms with Crippen molar-refractivity contribution in [1.29, 1.82) is 0 Å². The third-order valence-electron chi connectivity index (χ3n) is 3.65. The van der Waals surface area contributed by atoms with E-state index in [1.165, 1.54) is 19.3 Å². The molecule has 5 heteroatoms. The first kappa shape index (κ1) is 18.7. The molecule has 0 aromatic heterocycles. The predicted molar refractivity (Wildman–Crippen MR) is 89.1 cm³/mol. The number of nitrogens with one attached hydrogen (secondary N) is 1. The number of amides is 1. The molecular weight excluding hydrogens is 298 g/mol. The topological polar surface area (TPSA) is 63.2 Å². The van der Waals surface area contributed by atoms with Crippen molar-refractivity contribution in [3.05, 3.63) is 29.8 Å². The lowest BCUT2D eigenvalue weighted by molar-refractivity contribution is -0.119. The van der Waals surface area contributed by atoms with Gasteiger partial charge in [0.05, 0.1) is 4.90 Å². The van der Waals surface area contributed by atoms with Gasteiger partial charge in [-0.3, -0.25) is 4.79 Å². The van der Waals surface area contributed by atoms with Gasteiger partial charge in [0.1, 0.15) is 0 Å². The van der Waals surface area contributed by atoms with Crippen LogP contribution in [0.15, 0.2) is 29.2 Å². The molecule has 1 aromatic rings. The second kappa shape index (κ2) is 9.62. The summed E-state index contributed by atoms with van der Waals surface area (Å²) >= 11 is 0. The van der Waals surface area contributed by atoms with Gasteiger partial charge in [0.15, 0.2) is 0 Å². The maximum absolute atomic E-state index is 12.1. The van der Waals surface area contributed by atoms with Gasteiger partial charge in [-0.05, 0) is 30.5 Å². The average Bonchev–Trinajstić information content (AvgIpc) is 2.50. The van der Waals surface area contributed by atoms with E-state index >= 15 is 0 Å². The summed E-state index contributed by atoms with van der Waals surface area (Å²) < 4.78 is 26.3. The molecule has 124 valence electrons. The van der Waals surface area contributed by atoms with Gasteiger partial charge in [0.25, 0.3) is 10.0 Å². The molecule has 0 fully saturated rings. The van der Waals surface area contributed by atoms with Crippen LogP contribution in [0.4, 0.5) is 0 Å². The van der Waals surface area contributed by atoms with Crippen molar-refractivity contribution >= 4 is 15.9 Å². The molecule has 0 saturated carbocycles. The molecule has 0 aliphatic rings. The van der Waals surface area contributed by atoms with Gasteiger partial charge in [0.2, 0.25) is 5.91 Å². The number of sulfonamides is 1. The van der Waals surface area contributed by atoms with Crippen molar-refractivity contribution in [3.63, 3.8) is 0 Å². The zero-order valence-electron chi connectivity index (χ0n) is 13.6. The number of rotatable bonds is 10. The lowest BCUT2D eigenvalue weighted by Crippen LogP contribution is -2.30. The van der Waals surface area contributed by atoms with Gasteiger partial charge in [-0.2, -0.15) is 0 Å². The fraction of sp³-hybridized carbons (Fsp3) is 0.588. The van der Waals surface area contributed by atoms with Gasteiger partial charge in [-0.25, -0.2) is 13.1 Å². The van der Waals surface area contributed by atoms with E-state index < -0.39 is 15.9 Å². The number of benzene rings is 1. The highest BCUT2D eigenvalue weighted by Gasteiger charge is 2.16.